The first kappa shape index (κ1) is 14.5. The van der Waals surface area contributed by atoms with E-state index < -0.39 is 22.1 Å². The van der Waals surface area contributed by atoms with E-state index in [-0.39, 0.29) is 17.7 Å². The van der Waals surface area contributed by atoms with Crippen LogP contribution in [0.2, 0.25) is 0 Å². The Balaban J connectivity index is 2.47. The second-order valence-corrected chi connectivity index (χ2v) is 4.61. The molecule has 0 atom stereocenters. The first-order valence-electron chi connectivity index (χ1n) is 6.04. The number of nitro groups is 1. The van der Waals surface area contributed by atoms with Crippen molar-refractivity contribution >= 4 is 5.69 Å². The van der Waals surface area contributed by atoms with Gasteiger partial charge in [-0.1, -0.05) is 12.1 Å². The van der Waals surface area contributed by atoms with E-state index >= 15 is 0 Å². The molecular formula is C13H13N3O5. The maximum absolute atomic E-state index is 12.0. The molecule has 8 nitrogen and oxygen atoms in total. The van der Waals surface area contributed by atoms with Crippen LogP contribution in [0, 0.1) is 10.1 Å². The molecule has 0 saturated carbocycles. The normalized spacial score (nSPS) is 10.6. The summed E-state index contributed by atoms with van der Waals surface area (Å²) in [6, 6.07) is 5.64. The van der Waals surface area contributed by atoms with Crippen LogP contribution in [0.5, 0.6) is 5.88 Å². The molecule has 2 rings (SSSR count). The largest absolute Gasteiger partial charge is 0.494 e. The van der Waals surface area contributed by atoms with Gasteiger partial charge in [0.2, 0.25) is 5.88 Å². The lowest BCUT2D eigenvalue weighted by Gasteiger charge is -2.10. The third-order valence-electron chi connectivity index (χ3n) is 3.25. The Kier molecular flexibility index (Phi) is 3.62. The molecule has 1 heterocycles. The Labute approximate surface area is 118 Å². The molecule has 110 valence electrons. The number of nitrogens with zero attached hydrogens (tertiary/aromatic N) is 3. The Morgan fingerprint density at radius 3 is 2.24 bits per heavy atom. The van der Waals surface area contributed by atoms with Crippen LogP contribution in [0.4, 0.5) is 5.69 Å². The van der Waals surface area contributed by atoms with E-state index in [9.17, 15) is 24.8 Å². The maximum Gasteiger partial charge on any atom is 0.333 e. The molecule has 0 spiro atoms. The fourth-order valence-electron chi connectivity index (χ4n) is 2.00. The minimum absolute atomic E-state index is 0.0589. The zero-order chi connectivity index (χ0) is 15.7. The molecule has 0 aliphatic carbocycles. The highest BCUT2D eigenvalue weighted by molar-refractivity contribution is 5.36. The molecular weight excluding hydrogens is 278 g/mol. The lowest BCUT2D eigenvalue weighted by Crippen LogP contribution is -2.38. The van der Waals surface area contributed by atoms with Gasteiger partial charge in [-0.15, -0.1) is 0 Å². The van der Waals surface area contributed by atoms with Crippen molar-refractivity contribution in [2.75, 3.05) is 0 Å². The summed E-state index contributed by atoms with van der Waals surface area (Å²) >= 11 is 0. The van der Waals surface area contributed by atoms with E-state index in [1.54, 1.807) is 0 Å². The molecule has 8 heteroatoms. The molecule has 0 unspecified atom stereocenters. The molecule has 1 aromatic carbocycles. The number of rotatable bonds is 3. The number of non-ortho nitro benzene ring substituents is 1. The van der Waals surface area contributed by atoms with Crippen LogP contribution in [0.1, 0.15) is 11.1 Å². The van der Waals surface area contributed by atoms with Gasteiger partial charge < -0.3 is 5.11 Å². The van der Waals surface area contributed by atoms with Crippen molar-refractivity contribution in [1.82, 2.24) is 9.13 Å². The first-order chi connectivity index (χ1) is 9.82. The molecule has 0 saturated heterocycles. The van der Waals surface area contributed by atoms with Crippen LogP contribution in [0.3, 0.4) is 0 Å². The Hall–Kier alpha value is -2.90. The molecule has 21 heavy (non-hydrogen) atoms. The monoisotopic (exact) mass is 291 g/mol. The third-order valence-corrected chi connectivity index (χ3v) is 3.25. The fraction of sp³-hybridized carbons (Fsp3) is 0.231. The highest BCUT2D eigenvalue weighted by Crippen LogP contribution is 2.17. The summed E-state index contributed by atoms with van der Waals surface area (Å²) in [5.41, 5.74) is -0.588. The highest BCUT2D eigenvalue weighted by Gasteiger charge is 2.15. The summed E-state index contributed by atoms with van der Waals surface area (Å²) in [7, 11) is 2.68. The van der Waals surface area contributed by atoms with E-state index in [0.29, 0.717) is 5.56 Å². The van der Waals surface area contributed by atoms with Crippen LogP contribution in [-0.2, 0) is 20.5 Å². The Morgan fingerprint density at radius 2 is 1.71 bits per heavy atom. The number of hydrogen-bond acceptors (Lipinski definition) is 5. The van der Waals surface area contributed by atoms with Gasteiger partial charge in [0.15, 0.2) is 0 Å². The highest BCUT2D eigenvalue weighted by atomic mass is 16.6. The predicted octanol–water partition coefficient (Wildman–Crippen LogP) is 0.289. The summed E-state index contributed by atoms with van der Waals surface area (Å²) in [4.78, 5) is 33.7. The van der Waals surface area contributed by atoms with Gasteiger partial charge >= 0.3 is 5.69 Å². The summed E-state index contributed by atoms with van der Waals surface area (Å²) in [6.45, 7) is 0. The van der Waals surface area contributed by atoms with E-state index in [1.807, 2.05) is 0 Å². The molecule has 0 radical (unpaired) electrons. The molecule has 1 aromatic heterocycles. The zero-order valence-electron chi connectivity index (χ0n) is 11.4. The number of hydrogen-bond donors (Lipinski definition) is 1. The van der Waals surface area contributed by atoms with Gasteiger partial charge in [0.1, 0.15) is 0 Å². The van der Waals surface area contributed by atoms with Crippen molar-refractivity contribution in [2.24, 2.45) is 14.1 Å². The van der Waals surface area contributed by atoms with Gasteiger partial charge in [-0.25, -0.2) is 4.79 Å². The van der Waals surface area contributed by atoms with Gasteiger partial charge in [0, 0.05) is 32.6 Å². The average molecular weight is 291 g/mol. The first-order valence-corrected chi connectivity index (χ1v) is 6.04. The van der Waals surface area contributed by atoms with Crippen molar-refractivity contribution in [3.8, 4) is 5.88 Å². The SMILES string of the molecule is Cn1c(O)c(Cc2ccc([N+](=O)[O-])cc2)c(=O)n(C)c1=O. The summed E-state index contributed by atoms with van der Waals surface area (Å²) in [6.07, 6.45) is 0.0740. The van der Waals surface area contributed by atoms with Crippen molar-refractivity contribution in [3.63, 3.8) is 0 Å². The molecule has 0 amide bonds. The maximum atomic E-state index is 12.0. The van der Waals surface area contributed by atoms with E-state index in [2.05, 4.69) is 0 Å². The Bertz CT molecular complexity index is 817. The van der Waals surface area contributed by atoms with E-state index in [4.69, 9.17) is 0 Å². The molecule has 0 fully saturated rings. The number of aromatic nitrogens is 2. The van der Waals surface area contributed by atoms with Crippen molar-refractivity contribution in [2.45, 2.75) is 6.42 Å². The molecule has 1 N–H and O–H groups in total. The molecule has 0 bridgehead atoms. The van der Waals surface area contributed by atoms with Crippen LogP contribution >= 0.6 is 0 Å². The fourth-order valence-corrected chi connectivity index (χ4v) is 2.00. The minimum Gasteiger partial charge on any atom is -0.494 e. The van der Waals surface area contributed by atoms with E-state index in [0.717, 1.165) is 9.13 Å². The zero-order valence-corrected chi connectivity index (χ0v) is 11.4. The van der Waals surface area contributed by atoms with Gasteiger partial charge in [0.05, 0.1) is 10.5 Å². The van der Waals surface area contributed by atoms with E-state index in [1.165, 1.54) is 38.4 Å². The van der Waals surface area contributed by atoms with Crippen molar-refractivity contribution < 1.29 is 10.0 Å². The lowest BCUT2D eigenvalue weighted by molar-refractivity contribution is -0.384. The standard InChI is InChI=1S/C13H13N3O5/c1-14-11(17)10(12(18)15(2)13(14)19)7-8-3-5-9(6-4-8)16(20)21/h3-6,17H,7H2,1-2H3. The van der Waals surface area contributed by atoms with Gasteiger partial charge in [0.25, 0.3) is 11.2 Å². The molecule has 2 aromatic rings. The van der Waals surface area contributed by atoms with Gasteiger partial charge in [-0.05, 0) is 5.56 Å². The third kappa shape index (κ3) is 2.55. The average Bonchev–Trinajstić information content (AvgIpc) is 2.48. The van der Waals surface area contributed by atoms with Crippen molar-refractivity contribution in [1.29, 1.82) is 0 Å². The number of nitro benzene ring substituents is 1. The van der Waals surface area contributed by atoms with Crippen LogP contribution in [0.25, 0.3) is 0 Å². The quantitative estimate of drug-likeness (QED) is 0.646. The molecule has 0 aliphatic rings. The second kappa shape index (κ2) is 5.23. The topological polar surface area (TPSA) is 107 Å². The van der Waals surface area contributed by atoms with Gasteiger partial charge in [-0.2, -0.15) is 0 Å². The summed E-state index contributed by atoms with van der Waals surface area (Å²) in [5.74, 6) is -0.401. The molecule has 0 aliphatic heterocycles. The van der Waals surface area contributed by atoms with Crippen molar-refractivity contribution in [3.05, 3.63) is 66.3 Å². The van der Waals surface area contributed by atoms with Gasteiger partial charge in [-0.3, -0.25) is 24.0 Å². The summed E-state index contributed by atoms with van der Waals surface area (Å²) in [5, 5.41) is 20.5. The van der Waals surface area contributed by atoms with Crippen LogP contribution in [0.15, 0.2) is 33.9 Å². The lowest BCUT2D eigenvalue weighted by atomic mass is 10.1. The predicted molar refractivity (Wildman–Crippen MR) is 74.5 cm³/mol. The Morgan fingerprint density at radius 1 is 1.14 bits per heavy atom. The van der Waals surface area contributed by atoms with Crippen LogP contribution < -0.4 is 11.2 Å². The second-order valence-electron chi connectivity index (χ2n) is 4.61. The van der Waals surface area contributed by atoms with Crippen LogP contribution in [-0.4, -0.2) is 19.2 Å². The minimum atomic E-state index is -0.620. The number of benzene rings is 1. The summed E-state index contributed by atoms with van der Waals surface area (Å²) < 4.78 is 1.88. The number of aromatic hydroxyl groups is 1. The smallest absolute Gasteiger partial charge is 0.333 e.